The molecule has 0 radical (unpaired) electrons. The number of carbonyl (C=O) groups excluding carboxylic acids is 1. The number of hydrogen-bond donors (Lipinski definition) is 1. The zero-order chi connectivity index (χ0) is 10.0. The Labute approximate surface area is 89.7 Å². The third-order valence-corrected chi connectivity index (χ3v) is 3.31. The van der Waals surface area contributed by atoms with Gasteiger partial charge in [0.1, 0.15) is 0 Å². The van der Waals surface area contributed by atoms with Crippen LogP contribution in [0.25, 0.3) is 0 Å². The minimum absolute atomic E-state index is 0.0747. The van der Waals surface area contributed by atoms with E-state index in [1.54, 1.807) is 18.9 Å². The van der Waals surface area contributed by atoms with Crippen LogP contribution >= 0.6 is 27.3 Å². The second kappa shape index (κ2) is 4.21. The van der Waals surface area contributed by atoms with E-state index in [0.29, 0.717) is 0 Å². The normalized spacial score (nSPS) is 12.6. The maximum atomic E-state index is 11.4. The maximum Gasteiger partial charge on any atom is 0.243 e. The molecule has 72 valence electrons. The van der Waals surface area contributed by atoms with Crippen molar-refractivity contribution in [2.45, 2.75) is 13.0 Å². The molecule has 0 aliphatic heterocycles. The summed E-state index contributed by atoms with van der Waals surface area (Å²) in [6.07, 6.45) is 0. The van der Waals surface area contributed by atoms with Crippen LogP contribution in [0.1, 0.15) is 6.92 Å². The van der Waals surface area contributed by atoms with E-state index in [9.17, 15) is 4.79 Å². The quantitative estimate of drug-likeness (QED) is 0.884. The highest BCUT2D eigenvalue weighted by molar-refractivity contribution is 9.11. The molecule has 1 aromatic rings. The molecule has 3 nitrogen and oxygen atoms in total. The third kappa shape index (κ3) is 2.52. The van der Waals surface area contributed by atoms with Gasteiger partial charge < -0.3 is 10.6 Å². The van der Waals surface area contributed by atoms with Crippen molar-refractivity contribution in [3.63, 3.8) is 0 Å². The molecule has 1 heterocycles. The number of amides is 1. The van der Waals surface area contributed by atoms with E-state index in [0.717, 1.165) is 8.79 Å². The molecule has 0 spiro atoms. The Hall–Kier alpha value is -0.390. The standard InChI is InChI=1S/C8H11BrN2OS/c1-5(10)8(12)11(2)7-4-3-6(9)13-7/h3-5H,10H2,1-2H3. The number of thiophene rings is 1. The topological polar surface area (TPSA) is 46.3 Å². The lowest BCUT2D eigenvalue weighted by Gasteiger charge is -2.16. The van der Waals surface area contributed by atoms with Gasteiger partial charge in [-0.15, -0.1) is 11.3 Å². The molecule has 0 bridgehead atoms. The zero-order valence-electron chi connectivity index (χ0n) is 7.45. The van der Waals surface area contributed by atoms with E-state index in [-0.39, 0.29) is 5.91 Å². The van der Waals surface area contributed by atoms with E-state index < -0.39 is 6.04 Å². The van der Waals surface area contributed by atoms with E-state index in [2.05, 4.69) is 15.9 Å². The molecule has 0 saturated heterocycles. The SMILES string of the molecule is CC(N)C(=O)N(C)c1ccc(Br)s1. The van der Waals surface area contributed by atoms with Crippen LogP contribution < -0.4 is 10.6 Å². The molecule has 0 saturated carbocycles. The van der Waals surface area contributed by atoms with Gasteiger partial charge >= 0.3 is 0 Å². The summed E-state index contributed by atoms with van der Waals surface area (Å²) in [7, 11) is 1.73. The monoisotopic (exact) mass is 262 g/mol. The zero-order valence-corrected chi connectivity index (χ0v) is 9.85. The Bertz CT molecular complexity index is 311. The Morgan fingerprint density at radius 2 is 2.31 bits per heavy atom. The van der Waals surface area contributed by atoms with Crippen LogP contribution in [0, 0.1) is 0 Å². The molecule has 5 heteroatoms. The molecule has 2 N–H and O–H groups in total. The largest absolute Gasteiger partial charge is 0.320 e. The summed E-state index contributed by atoms with van der Waals surface area (Å²) < 4.78 is 1.01. The highest BCUT2D eigenvalue weighted by atomic mass is 79.9. The first-order valence-electron chi connectivity index (χ1n) is 3.81. The molecule has 1 rings (SSSR count). The Balaban J connectivity index is 2.79. The highest BCUT2D eigenvalue weighted by Gasteiger charge is 2.15. The molecule has 13 heavy (non-hydrogen) atoms. The summed E-state index contributed by atoms with van der Waals surface area (Å²) in [4.78, 5) is 13.0. The minimum atomic E-state index is -0.453. The van der Waals surface area contributed by atoms with Crippen molar-refractivity contribution in [1.29, 1.82) is 0 Å². The van der Waals surface area contributed by atoms with Crippen LogP contribution in [0.5, 0.6) is 0 Å². The predicted molar refractivity (Wildman–Crippen MR) is 59.1 cm³/mol. The highest BCUT2D eigenvalue weighted by Crippen LogP contribution is 2.29. The van der Waals surface area contributed by atoms with Crippen molar-refractivity contribution < 1.29 is 4.79 Å². The number of hydrogen-bond acceptors (Lipinski definition) is 3. The predicted octanol–water partition coefficient (Wildman–Crippen LogP) is 1.82. The molecule has 0 fully saturated rings. The van der Waals surface area contributed by atoms with Crippen molar-refractivity contribution in [2.75, 3.05) is 11.9 Å². The second-order valence-electron chi connectivity index (χ2n) is 2.76. The Kier molecular flexibility index (Phi) is 3.47. The lowest BCUT2D eigenvalue weighted by molar-refractivity contribution is -0.119. The van der Waals surface area contributed by atoms with E-state index in [1.165, 1.54) is 11.3 Å². The molecule has 0 aliphatic carbocycles. The first kappa shape index (κ1) is 10.7. The van der Waals surface area contributed by atoms with E-state index >= 15 is 0 Å². The molecule has 1 amide bonds. The number of nitrogens with two attached hydrogens (primary N) is 1. The van der Waals surface area contributed by atoms with Gasteiger partial charge in [0.2, 0.25) is 5.91 Å². The van der Waals surface area contributed by atoms with E-state index in [4.69, 9.17) is 5.73 Å². The summed E-state index contributed by atoms with van der Waals surface area (Å²) in [5, 5.41) is 0.897. The smallest absolute Gasteiger partial charge is 0.243 e. The number of halogens is 1. The molecule has 1 unspecified atom stereocenters. The average Bonchev–Trinajstić information content (AvgIpc) is 2.49. The van der Waals surface area contributed by atoms with Gasteiger partial charge in [0, 0.05) is 7.05 Å². The van der Waals surface area contributed by atoms with Gasteiger partial charge in [0.15, 0.2) is 0 Å². The Morgan fingerprint density at radius 3 is 2.69 bits per heavy atom. The number of anilines is 1. The molecular weight excluding hydrogens is 252 g/mol. The molecule has 0 aliphatic rings. The van der Waals surface area contributed by atoms with Crippen molar-refractivity contribution >= 4 is 38.2 Å². The van der Waals surface area contributed by atoms with E-state index in [1.807, 2.05) is 12.1 Å². The first-order valence-corrected chi connectivity index (χ1v) is 5.42. The molecule has 1 atom stereocenters. The number of nitrogens with zero attached hydrogens (tertiary/aromatic N) is 1. The molecule has 1 aromatic heterocycles. The number of likely N-dealkylation sites (N-methyl/N-ethyl adjacent to an activating group) is 1. The van der Waals surface area contributed by atoms with Crippen molar-refractivity contribution in [3.8, 4) is 0 Å². The summed E-state index contributed by atoms with van der Waals surface area (Å²) in [5.41, 5.74) is 5.48. The van der Waals surface area contributed by atoms with Gasteiger partial charge in [-0.3, -0.25) is 4.79 Å². The summed E-state index contributed by atoms with van der Waals surface area (Å²) in [6, 6.07) is 3.34. The van der Waals surface area contributed by atoms with Gasteiger partial charge in [-0.2, -0.15) is 0 Å². The number of carbonyl (C=O) groups is 1. The van der Waals surface area contributed by atoms with Crippen molar-refractivity contribution in [1.82, 2.24) is 0 Å². The van der Waals surface area contributed by atoms with Gasteiger partial charge in [-0.1, -0.05) is 0 Å². The minimum Gasteiger partial charge on any atom is -0.320 e. The van der Waals surface area contributed by atoms with Crippen LogP contribution in [-0.4, -0.2) is 19.0 Å². The van der Waals surface area contributed by atoms with Crippen LogP contribution in [-0.2, 0) is 4.79 Å². The lowest BCUT2D eigenvalue weighted by Crippen LogP contribution is -2.39. The summed E-state index contributed by atoms with van der Waals surface area (Å²) in [6.45, 7) is 1.68. The van der Waals surface area contributed by atoms with Gasteiger partial charge in [0.05, 0.1) is 14.8 Å². The van der Waals surface area contributed by atoms with Gasteiger partial charge in [-0.25, -0.2) is 0 Å². The van der Waals surface area contributed by atoms with Crippen molar-refractivity contribution in [3.05, 3.63) is 15.9 Å². The fourth-order valence-corrected chi connectivity index (χ4v) is 2.23. The summed E-state index contributed by atoms with van der Waals surface area (Å²) >= 11 is 4.84. The summed E-state index contributed by atoms with van der Waals surface area (Å²) in [5.74, 6) is -0.0747. The van der Waals surface area contributed by atoms with Gasteiger partial charge in [0.25, 0.3) is 0 Å². The van der Waals surface area contributed by atoms with Crippen LogP contribution in [0.4, 0.5) is 5.00 Å². The fraction of sp³-hybridized carbons (Fsp3) is 0.375. The Morgan fingerprint density at radius 1 is 1.69 bits per heavy atom. The van der Waals surface area contributed by atoms with Crippen LogP contribution in [0.2, 0.25) is 0 Å². The number of rotatable bonds is 2. The van der Waals surface area contributed by atoms with Crippen LogP contribution in [0.3, 0.4) is 0 Å². The lowest BCUT2D eigenvalue weighted by atomic mass is 10.3. The van der Waals surface area contributed by atoms with Gasteiger partial charge in [-0.05, 0) is 35.0 Å². The van der Waals surface area contributed by atoms with Crippen LogP contribution in [0.15, 0.2) is 15.9 Å². The molecule has 0 aromatic carbocycles. The molecular formula is C8H11BrN2OS. The van der Waals surface area contributed by atoms with Crippen molar-refractivity contribution in [2.24, 2.45) is 5.73 Å². The maximum absolute atomic E-state index is 11.4. The average molecular weight is 263 g/mol. The second-order valence-corrected chi connectivity index (χ2v) is 5.21. The first-order chi connectivity index (χ1) is 6.02. The fourth-order valence-electron chi connectivity index (χ4n) is 0.899. The third-order valence-electron chi connectivity index (χ3n) is 1.61.